The summed E-state index contributed by atoms with van der Waals surface area (Å²) in [6, 6.07) is 6.14. The zero-order valence-electron chi connectivity index (χ0n) is 10.7. The third-order valence-corrected chi connectivity index (χ3v) is 3.69. The third-order valence-electron chi connectivity index (χ3n) is 2.37. The Bertz CT molecular complexity index is 773. The van der Waals surface area contributed by atoms with Gasteiger partial charge in [0.05, 0.1) is 0 Å². The van der Waals surface area contributed by atoms with Crippen LogP contribution in [-0.4, -0.2) is 29.5 Å². The molecule has 0 atom stereocenters. The van der Waals surface area contributed by atoms with E-state index in [1.807, 2.05) is 0 Å². The van der Waals surface area contributed by atoms with E-state index in [1.54, 1.807) is 12.1 Å². The van der Waals surface area contributed by atoms with Crippen molar-refractivity contribution in [3.8, 4) is 0 Å². The van der Waals surface area contributed by atoms with E-state index < -0.39 is 16.0 Å². The van der Waals surface area contributed by atoms with Crippen LogP contribution in [0, 0.1) is 0 Å². The van der Waals surface area contributed by atoms with Gasteiger partial charge in [0.25, 0.3) is 10.0 Å². The number of carboxylic acids is 1. The number of hydrogen-bond donors (Lipinski definition) is 2. The Labute approximate surface area is 121 Å². The zero-order chi connectivity index (χ0) is 15.3. The first-order chi connectivity index (χ1) is 9.97. The van der Waals surface area contributed by atoms with E-state index in [2.05, 4.69) is 14.7 Å². The molecule has 0 aliphatic carbocycles. The van der Waals surface area contributed by atoms with Crippen molar-refractivity contribution in [1.29, 1.82) is 0 Å². The van der Waals surface area contributed by atoms with Crippen molar-refractivity contribution >= 4 is 27.9 Å². The van der Waals surface area contributed by atoms with Gasteiger partial charge in [0.1, 0.15) is 10.7 Å². The van der Waals surface area contributed by atoms with Gasteiger partial charge in [0.2, 0.25) is 0 Å². The number of rotatable bonds is 5. The minimum atomic E-state index is -3.83. The molecule has 2 rings (SSSR count). The molecule has 0 amide bonds. The van der Waals surface area contributed by atoms with E-state index in [1.165, 1.54) is 36.8 Å². The van der Waals surface area contributed by atoms with Crippen molar-refractivity contribution < 1.29 is 18.3 Å². The Hall–Kier alpha value is -2.74. The number of carboxylic acid groups (broad SMARTS) is 1. The average Bonchev–Trinajstić information content (AvgIpc) is 2.46. The van der Waals surface area contributed by atoms with Gasteiger partial charge in [-0.2, -0.15) is 0 Å². The monoisotopic (exact) mass is 305 g/mol. The van der Waals surface area contributed by atoms with Crippen LogP contribution < -0.4 is 4.72 Å². The van der Waals surface area contributed by atoms with Crippen LogP contribution in [0.1, 0.15) is 5.56 Å². The normalized spacial score (nSPS) is 11.4. The van der Waals surface area contributed by atoms with E-state index in [0.29, 0.717) is 5.56 Å². The first-order valence-electron chi connectivity index (χ1n) is 5.77. The highest BCUT2D eigenvalue weighted by atomic mass is 32.2. The summed E-state index contributed by atoms with van der Waals surface area (Å²) in [5, 5.41) is 8.55. The molecule has 108 valence electrons. The number of sulfonamides is 1. The van der Waals surface area contributed by atoms with Crippen molar-refractivity contribution in [2.24, 2.45) is 0 Å². The van der Waals surface area contributed by atoms with Gasteiger partial charge in [0, 0.05) is 24.7 Å². The lowest BCUT2D eigenvalue weighted by Gasteiger charge is -2.07. The Morgan fingerprint density at radius 1 is 1.29 bits per heavy atom. The summed E-state index contributed by atoms with van der Waals surface area (Å²) >= 11 is 0. The molecule has 0 fully saturated rings. The second kappa shape index (κ2) is 6.14. The minimum absolute atomic E-state index is 0.0827. The molecule has 0 aliphatic heterocycles. The highest BCUT2D eigenvalue weighted by Crippen LogP contribution is 2.15. The van der Waals surface area contributed by atoms with E-state index >= 15 is 0 Å². The summed E-state index contributed by atoms with van der Waals surface area (Å²) in [6.07, 6.45) is 6.15. The van der Waals surface area contributed by atoms with Crippen LogP contribution >= 0.6 is 0 Å². The number of hydrogen-bond acceptors (Lipinski definition) is 5. The molecule has 2 N–H and O–H groups in total. The number of aromatic nitrogens is 2. The van der Waals surface area contributed by atoms with Crippen molar-refractivity contribution in [2.75, 3.05) is 4.72 Å². The largest absolute Gasteiger partial charge is 0.478 e. The minimum Gasteiger partial charge on any atom is -0.478 e. The molecule has 2 aromatic rings. The lowest BCUT2D eigenvalue weighted by atomic mass is 10.2. The molecule has 8 heteroatoms. The first kappa shape index (κ1) is 14.7. The summed E-state index contributed by atoms with van der Waals surface area (Å²) in [4.78, 5) is 18.0. The molecule has 2 heterocycles. The van der Waals surface area contributed by atoms with Gasteiger partial charge in [-0.3, -0.25) is 9.71 Å². The maximum atomic E-state index is 12.2. The molecule has 0 bridgehead atoms. The maximum absolute atomic E-state index is 12.2. The highest BCUT2D eigenvalue weighted by molar-refractivity contribution is 7.92. The molecular formula is C13H11N3O4S. The number of nitrogens with zero attached hydrogens (tertiary/aromatic N) is 2. The van der Waals surface area contributed by atoms with Gasteiger partial charge in [-0.25, -0.2) is 18.2 Å². The Balaban J connectivity index is 2.28. The molecule has 7 nitrogen and oxygen atoms in total. The number of nitrogens with one attached hydrogen (secondary N) is 1. The summed E-state index contributed by atoms with van der Waals surface area (Å²) in [5.41, 5.74) is 0.362. The number of pyridine rings is 2. The second-order valence-corrected chi connectivity index (χ2v) is 5.63. The molecule has 0 saturated heterocycles. The average molecular weight is 305 g/mol. The van der Waals surface area contributed by atoms with E-state index in [-0.39, 0.29) is 10.7 Å². The van der Waals surface area contributed by atoms with Crippen molar-refractivity contribution in [1.82, 2.24) is 9.97 Å². The predicted molar refractivity (Wildman–Crippen MR) is 76.0 cm³/mol. The van der Waals surface area contributed by atoms with Crippen LogP contribution in [0.15, 0.2) is 53.8 Å². The third kappa shape index (κ3) is 4.11. The van der Waals surface area contributed by atoms with E-state index in [4.69, 9.17) is 5.11 Å². The van der Waals surface area contributed by atoms with Gasteiger partial charge < -0.3 is 5.11 Å². The standard InChI is InChI=1S/C13H11N3O4S/c17-13(18)5-4-10-7-11(9-14-8-10)21(19,20)16-12-3-1-2-6-15-12/h1-9H,(H,15,16)(H,17,18). The van der Waals surface area contributed by atoms with Gasteiger partial charge in [-0.1, -0.05) is 6.07 Å². The van der Waals surface area contributed by atoms with Gasteiger partial charge in [-0.15, -0.1) is 0 Å². The predicted octanol–water partition coefficient (Wildman–Crippen LogP) is 1.38. The van der Waals surface area contributed by atoms with E-state index in [9.17, 15) is 13.2 Å². The summed E-state index contributed by atoms with van der Waals surface area (Å²) in [6.45, 7) is 0. The molecule has 0 radical (unpaired) electrons. The number of aliphatic carboxylic acids is 1. The SMILES string of the molecule is O=C(O)C=Cc1cncc(S(=O)(=O)Nc2ccccn2)c1. The molecule has 0 aliphatic rings. The topological polar surface area (TPSA) is 109 Å². The molecule has 0 saturated carbocycles. The van der Waals surface area contributed by atoms with Crippen LogP contribution in [0.4, 0.5) is 5.82 Å². The quantitative estimate of drug-likeness (QED) is 0.808. The molecule has 0 unspecified atom stereocenters. The molecule has 0 spiro atoms. The van der Waals surface area contributed by atoms with Crippen LogP contribution in [-0.2, 0) is 14.8 Å². The summed E-state index contributed by atoms with van der Waals surface area (Å²) in [5.74, 6) is -0.946. The smallest absolute Gasteiger partial charge is 0.328 e. The van der Waals surface area contributed by atoms with Gasteiger partial charge in [0.15, 0.2) is 0 Å². The second-order valence-electron chi connectivity index (χ2n) is 3.95. The summed E-state index contributed by atoms with van der Waals surface area (Å²) < 4.78 is 26.6. The Morgan fingerprint density at radius 3 is 2.76 bits per heavy atom. The van der Waals surface area contributed by atoms with Crippen LogP contribution in [0.25, 0.3) is 6.08 Å². The van der Waals surface area contributed by atoms with Crippen molar-refractivity contribution in [3.05, 3.63) is 54.5 Å². The van der Waals surface area contributed by atoms with Gasteiger partial charge >= 0.3 is 5.97 Å². The maximum Gasteiger partial charge on any atom is 0.328 e. The van der Waals surface area contributed by atoms with Gasteiger partial charge in [-0.05, 0) is 29.8 Å². The Morgan fingerprint density at radius 2 is 2.10 bits per heavy atom. The van der Waals surface area contributed by atoms with Crippen LogP contribution in [0.5, 0.6) is 0 Å². The fourth-order valence-corrected chi connectivity index (χ4v) is 2.47. The molecule has 0 aromatic carbocycles. The molecular weight excluding hydrogens is 294 g/mol. The zero-order valence-corrected chi connectivity index (χ0v) is 11.5. The van der Waals surface area contributed by atoms with Crippen LogP contribution in [0.2, 0.25) is 0 Å². The molecule has 2 aromatic heterocycles. The van der Waals surface area contributed by atoms with Crippen molar-refractivity contribution in [3.63, 3.8) is 0 Å². The van der Waals surface area contributed by atoms with E-state index in [0.717, 1.165) is 6.08 Å². The number of anilines is 1. The van der Waals surface area contributed by atoms with Crippen LogP contribution in [0.3, 0.4) is 0 Å². The number of carbonyl (C=O) groups is 1. The Kier molecular flexibility index (Phi) is 4.29. The lowest BCUT2D eigenvalue weighted by Crippen LogP contribution is -2.14. The summed E-state index contributed by atoms with van der Waals surface area (Å²) in [7, 11) is -3.83. The lowest BCUT2D eigenvalue weighted by molar-refractivity contribution is -0.131. The fraction of sp³-hybridized carbons (Fsp3) is 0. The molecule has 21 heavy (non-hydrogen) atoms. The highest BCUT2D eigenvalue weighted by Gasteiger charge is 2.15. The first-order valence-corrected chi connectivity index (χ1v) is 7.25. The fourth-order valence-electron chi connectivity index (χ4n) is 1.46. The van der Waals surface area contributed by atoms with Crippen molar-refractivity contribution in [2.45, 2.75) is 4.90 Å².